The lowest BCUT2D eigenvalue weighted by Gasteiger charge is -2.16. The van der Waals surface area contributed by atoms with Crippen LogP contribution < -0.4 is 10.1 Å². The van der Waals surface area contributed by atoms with Gasteiger partial charge in [-0.25, -0.2) is 4.98 Å². The second kappa shape index (κ2) is 7.89. The molecule has 1 N–H and O–H groups in total. The van der Waals surface area contributed by atoms with Crippen molar-refractivity contribution in [1.82, 2.24) is 10.3 Å². The van der Waals surface area contributed by atoms with E-state index >= 15 is 0 Å². The number of aromatic nitrogens is 1. The minimum atomic E-state index is -2.45. The van der Waals surface area contributed by atoms with Gasteiger partial charge in [-0.1, -0.05) is 17.8 Å². The van der Waals surface area contributed by atoms with E-state index in [1.54, 1.807) is 17.4 Å². The highest BCUT2D eigenvalue weighted by Crippen LogP contribution is 2.35. The van der Waals surface area contributed by atoms with Crippen LogP contribution >= 0.6 is 23.1 Å². The van der Waals surface area contributed by atoms with Gasteiger partial charge < -0.3 is 10.1 Å². The monoisotopic (exact) mass is 344 g/mol. The number of hydrogen-bond donors (Lipinski definition) is 1. The van der Waals surface area contributed by atoms with Crippen LogP contribution in [0.5, 0.6) is 5.75 Å². The van der Waals surface area contributed by atoms with Crippen LogP contribution in [0.2, 0.25) is 0 Å². The molecule has 0 fully saturated rings. The van der Waals surface area contributed by atoms with Crippen LogP contribution in [0, 0.1) is 6.92 Å². The van der Waals surface area contributed by atoms with Gasteiger partial charge in [-0.2, -0.15) is 8.78 Å². The normalized spacial score (nSPS) is 12.6. The fourth-order valence-electron chi connectivity index (χ4n) is 2.01. The summed E-state index contributed by atoms with van der Waals surface area (Å²) < 4.78 is 30.2. The highest BCUT2D eigenvalue weighted by Gasteiger charge is 2.14. The Bertz CT molecular complexity index is 619. The summed E-state index contributed by atoms with van der Waals surface area (Å²) in [6.07, 6.45) is 0. The zero-order valence-corrected chi connectivity index (χ0v) is 14.2. The van der Waals surface area contributed by atoms with Gasteiger partial charge in [0.05, 0.1) is 23.2 Å². The second-order valence-corrected chi connectivity index (χ2v) is 6.72. The number of hydrogen-bond acceptors (Lipinski definition) is 5. The highest BCUT2D eigenvalue weighted by molar-refractivity contribution is 7.99. The van der Waals surface area contributed by atoms with Crippen molar-refractivity contribution in [2.45, 2.75) is 37.1 Å². The van der Waals surface area contributed by atoms with Crippen molar-refractivity contribution in [2.75, 3.05) is 7.11 Å². The number of ether oxygens (including phenoxy) is 1. The number of rotatable bonds is 7. The third-order valence-electron chi connectivity index (χ3n) is 3.32. The zero-order valence-electron chi connectivity index (χ0n) is 12.6. The van der Waals surface area contributed by atoms with E-state index < -0.39 is 5.76 Å². The number of nitrogens with one attached hydrogen (secondary N) is 1. The molecule has 0 saturated carbocycles. The minimum absolute atomic E-state index is 0.0843. The molecule has 1 heterocycles. The SMILES string of the molecule is COc1cc([C@@H](C)NCc2scnc2C)ccc1SC(F)F. The summed E-state index contributed by atoms with van der Waals surface area (Å²) in [5.41, 5.74) is 3.86. The molecule has 7 heteroatoms. The van der Waals surface area contributed by atoms with E-state index in [9.17, 15) is 8.78 Å². The number of halogens is 2. The van der Waals surface area contributed by atoms with Crippen LogP contribution in [-0.2, 0) is 6.54 Å². The van der Waals surface area contributed by atoms with Crippen molar-refractivity contribution >= 4 is 23.1 Å². The van der Waals surface area contributed by atoms with Gasteiger partial charge in [0.25, 0.3) is 5.76 Å². The largest absolute Gasteiger partial charge is 0.496 e. The van der Waals surface area contributed by atoms with E-state index in [1.807, 2.05) is 31.5 Å². The minimum Gasteiger partial charge on any atom is -0.496 e. The first-order valence-corrected chi connectivity index (χ1v) is 8.52. The summed E-state index contributed by atoms with van der Waals surface area (Å²) in [6.45, 7) is 4.75. The number of benzene rings is 1. The molecule has 0 saturated heterocycles. The summed E-state index contributed by atoms with van der Waals surface area (Å²) in [5, 5.41) is 3.41. The molecule has 120 valence electrons. The van der Waals surface area contributed by atoms with Gasteiger partial charge in [-0.3, -0.25) is 0 Å². The molecule has 0 aliphatic carbocycles. The molecule has 0 radical (unpaired) electrons. The predicted molar refractivity (Wildman–Crippen MR) is 87.0 cm³/mol. The van der Waals surface area contributed by atoms with Crippen LogP contribution in [0.25, 0.3) is 0 Å². The molecule has 1 aromatic heterocycles. The van der Waals surface area contributed by atoms with Crippen LogP contribution in [0.15, 0.2) is 28.6 Å². The molecule has 0 amide bonds. The van der Waals surface area contributed by atoms with Crippen LogP contribution in [0.4, 0.5) is 8.78 Å². The van der Waals surface area contributed by atoms with Gasteiger partial charge in [-0.05, 0) is 31.5 Å². The first-order valence-electron chi connectivity index (χ1n) is 6.76. The Balaban J connectivity index is 2.06. The van der Waals surface area contributed by atoms with Crippen molar-refractivity contribution in [3.63, 3.8) is 0 Å². The Morgan fingerprint density at radius 3 is 2.77 bits per heavy atom. The number of thioether (sulfide) groups is 1. The Labute approximate surface area is 137 Å². The lowest BCUT2D eigenvalue weighted by molar-refractivity contribution is 0.251. The van der Waals surface area contributed by atoms with Crippen molar-refractivity contribution < 1.29 is 13.5 Å². The molecule has 0 bridgehead atoms. The summed E-state index contributed by atoms with van der Waals surface area (Å²) >= 11 is 2.12. The third kappa shape index (κ3) is 4.41. The number of alkyl halides is 2. The molecular weight excluding hydrogens is 326 g/mol. The fraction of sp³-hybridized carbons (Fsp3) is 0.400. The van der Waals surface area contributed by atoms with Crippen LogP contribution in [-0.4, -0.2) is 17.9 Å². The molecule has 0 aliphatic rings. The van der Waals surface area contributed by atoms with Gasteiger partial charge in [0, 0.05) is 17.5 Å². The van der Waals surface area contributed by atoms with E-state index in [2.05, 4.69) is 10.3 Å². The van der Waals surface area contributed by atoms with Gasteiger partial charge >= 0.3 is 0 Å². The topological polar surface area (TPSA) is 34.1 Å². The van der Waals surface area contributed by atoms with Crippen molar-refractivity contribution in [2.24, 2.45) is 0 Å². The molecule has 22 heavy (non-hydrogen) atoms. The molecule has 1 aromatic carbocycles. The summed E-state index contributed by atoms with van der Waals surface area (Å²) in [6, 6.07) is 5.42. The lowest BCUT2D eigenvalue weighted by Crippen LogP contribution is -2.18. The van der Waals surface area contributed by atoms with Gasteiger partial charge in [0.1, 0.15) is 5.75 Å². The first-order chi connectivity index (χ1) is 10.5. The fourth-order valence-corrected chi connectivity index (χ4v) is 3.33. The summed E-state index contributed by atoms with van der Waals surface area (Å²) in [5.74, 6) is -1.98. The average molecular weight is 344 g/mol. The Morgan fingerprint density at radius 1 is 1.41 bits per heavy atom. The number of methoxy groups -OCH3 is 1. The average Bonchev–Trinajstić information content (AvgIpc) is 2.90. The van der Waals surface area contributed by atoms with E-state index in [-0.39, 0.29) is 6.04 Å². The standard InChI is InChI=1S/C15H18F2N2OS2/c1-9(18-7-14-10(2)19-8-21-14)11-4-5-13(22-15(16)17)12(6-11)20-3/h4-6,8-9,15,18H,7H2,1-3H3/t9-/m1/s1. The van der Waals surface area contributed by atoms with Crippen LogP contribution in [0.1, 0.15) is 29.1 Å². The smallest absolute Gasteiger partial charge is 0.289 e. The second-order valence-electron chi connectivity index (χ2n) is 4.75. The van der Waals surface area contributed by atoms with Crippen molar-refractivity contribution in [1.29, 1.82) is 0 Å². The Morgan fingerprint density at radius 2 is 2.18 bits per heavy atom. The quantitative estimate of drug-likeness (QED) is 0.743. The lowest BCUT2D eigenvalue weighted by atomic mass is 10.1. The molecule has 2 rings (SSSR count). The Hall–Kier alpha value is -1.18. The maximum Gasteiger partial charge on any atom is 0.289 e. The summed E-state index contributed by atoms with van der Waals surface area (Å²) in [7, 11) is 1.49. The Kier molecular flexibility index (Phi) is 6.16. The van der Waals surface area contributed by atoms with E-state index in [1.165, 1.54) is 12.0 Å². The zero-order chi connectivity index (χ0) is 16.1. The van der Waals surface area contributed by atoms with Crippen molar-refractivity contribution in [3.8, 4) is 5.75 Å². The van der Waals surface area contributed by atoms with Crippen molar-refractivity contribution in [3.05, 3.63) is 39.8 Å². The van der Waals surface area contributed by atoms with E-state index in [0.717, 1.165) is 17.8 Å². The molecule has 0 unspecified atom stereocenters. The highest BCUT2D eigenvalue weighted by atomic mass is 32.2. The van der Waals surface area contributed by atoms with Gasteiger partial charge in [-0.15, -0.1) is 11.3 Å². The molecule has 0 spiro atoms. The first kappa shape index (κ1) is 17.2. The molecule has 1 atom stereocenters. The molecule has 2 aromatic rings. The van der Waals surface area contributed by atoms with Gasteiger partial charge in [0.15, 0.2) is 0 Å². The number of nitrogens with zero attached hydrogens (tertiary/aromatic N) is 1. The number of thiazole rings is 1. The predicted octanol–water partition coefficient (Wildman–Crippen LogP) is 4.63. The number of aryl methyl sites for hydroxylation is 1. The maximum absolute atomic E-state index is 12.5. The van der Waals surface area contributed by atoms with Gasteiger partial charge in [0.2, 0.25) is 0 Å². The summed E-state index contributed by atoms with van der Waals surface area (Å²) in [4.78, 5) is 5.87. The molecular formula is C15H18F2N2OS2. The molecule has 3 nitrogen and oxygen atoms in total. The third-order valence-corrected chi connectivity index (χ3v) is 5.02. The van der Waals surface area contributed by atoms with E-state index in [4.69, 9.17) is 4.74 Å². The van der Waals surface area contributed by atoms with E-state index in [0.29, 0.717) is 22.4 Å². The van der Waals surface area contributed by atoms with Crippen LogP contribution in [0.3, 0.4) is 0 Å². The molecule has 0 aliphatic heterocycles. The maximum atomic E-state index is 12.5.